The highest BCUT2D eigenvalue weighted by Gasteiger charge is 1.86. The van der Waals surface area contributed by atoms with E-state index >= 15 is 0 Å². The molecule has 0 saturated heterocycles. The zero-order valence-electron chi connectivity index (χ0n) is 5.36. The average Bonchev–Trinajstić information content (AvgIpc) is 1.83. The lowest BCUT2D eigenvalue weighted by atomic mass is 11.1. The molecule has 0 aromatic heterocycles. The maximum atomic E-state index is 4.72. The van der Waals surface area contributed by atoms with Gasteiger partial charge in [0.25, 0.3) is 6.02 Å². The van der Waals surface area contributed by atoms with E-state index in [-0.39, 0.29) is 0 Å². The summed E-state index contributed by atoms with van der Waals surface area (Å²) in [6.45, 7) is 0. The molecular formula is C4H11N3O. The highest BCUT2D eigenvalue weighted by Crippen LogP contribution is 1.66. The van der Waals surface area contributed by atoms with Gasteiger partial charge in [-0.05, 0) is 0 Å². The summed E-state index contributed by atoms with van der Waals surface area (Å²) in [5.74, 6) is 0. The molecule has 0 spiro atoms. The molecular weight excluding hydrogens is 106 g/mol. The van der Waals surface area contributed by atoms with Gasteiger partial charge in [0.1, 0.15) is 0 Å². The van der Waals surface area contributed by atoms with Crippen molar-refractivity contribution in [3.63, 3.8) is 0 Å². The van der Waals surface area contributed by atoms with Crippen molar-refractivity contribution >= 4 is 6.02 Å². The maximum absolute atomic E-state index is 4.72. The molecule has 0 aliphatic rings. The molecule has 2 N–H and O–H groups in total. The van der Waals surface area contributed by atoms with E-state index in [9.17, 15) is 0 Å². The van der Waals surface area contributed by atoms with Crippen LogP contribution in [0.4, 0.5) is 0 Å². The third kappa shape index (κ3) is 2.41. The highest BCUT2D eigenvalue weighted by molar-refractivity contribution is 5.72. The minimum atomic E-state index is 0.479. The molecule has 0 fully saturated rings. The van der Waals surface area contributed by atoms with E-state index < -0.39 is 0 Å². The first-order valence-electron chi connectivity index (χ1n) is 2.28. The standard InChI is InChI=1S/C4H11N3O/c1-5-4(8-3)7-6-2/h6H,1-3H3,(H,5,7). The average molecular weight is 117 g/mol. The van der Waals surface area contributed by atoms with Crippen LogP contribution in [0.2, 0.25) is 0 Å². The molecule has 0 aromatic rings. The Morgan fingerprint density at radius 1 is 1.62 bits per heavy atom. The van der Waals surface area contributed by atoms with Gasteiger partial charge in [-0.3, -0.25) is 5.43 Å². The molecule has 0 radical (unpaired) electrons. The van der Waals surface area contributed by atoms with Crippen LogP contribution in [0.3, 0.4) is 0 Å². The number of amidine groups is 1. The zero-order chi connectivity index (χ0) is 6.41. The Bertz CT molecular complexity index is 81.4. The number of methoxy groups -OCH3 is 1. The Balaban J connectivity index is 3.38. The predicted octanol–water partition coefficient (Wildman–Crippen LogP) is -0.657. The van der Waals surface area contributed by atoms with E-state index in [0.717, 1.165) is 0 Å². The monoisotopic (exact) mass is 117 g/mol. The summed E-state index contributed by atoms with van der Waals surface area (Å²) < 4.78 is 4.72. The first-order valence-corrected chi connectivity index (χ1v) is 2.28. The Morgan fingerprint density at radius 2 is 2.25 bits per heavy atom. The molecule has 48 valence electrons. The third-order valence-electron chi connectivity index (χ3n) is 0.628. The largest absolute Gasteiger partial charge is 0.468 e. The van der Waals surface area contributed by atoms with Gasteiger partial charge >= 0.3 is 0 Å². The van der Waals surface area contributed by atoms with E-state index in [4.69, 9.17) is 4.74 Å². The van der Waals surface area contributed by atoms with Crippen molar-refractivity contribution in [2.24, 2.45) is 4.99 Å². The fourth-order valence-electron chi connectivity index (χ4n) is 0.305. The van der Waals surface area contributed by atoms with Gasteiger partial charge in [0.2, 0.25) is 0 Å². The number of rotatable bonds is 1. The van der Waals surface area contributed by atoms with Gasteiger partial charge in [0, 0.05) is 14.1 Å². The van der Waals surface area contributed by atoms with Crippen LogP contribution in [0.15, 0.2) is 4.99 Å². The van der Waals surface area contributed by atoms with E-state index in [1.54, 1.807) is 21.2 Å². The summed E-state index contributed by atoms with van der Waals surface area (Å²) in [5.41, 5.74) is 5.32. The van der Waals surface area contributed by atoms with Crippen molar-refractivity contribution in [3.8, 4) is 0 Å². The van der Waals surface area contributed by atoms with Crippen LogP contribution in [0.5, 0.6) is 0 Å². The van der Waals surface area contributed by atoms with Crippen molar-refractivity contribution in [2.45, 2.75) is 0 Å². The molecule has 0 heterocycles. The zero-order valence-corrected chi connectivity index (χ0v) is 5.36. The van der Waals surface area contributed by atoms with Gasteiger partial charge in [0.15, 0.2) is 0 Å². The normalized spacial score (nSPS) is 11.1. The lowest BCUT2D eigenvalue weighted by Gasteiger charge is -2.03. The second-order valence-electron chi connectivity index (χ2n) is 1.11. The number of nitrogens with zero attached hydrogens (tertiary/aromatic N) is 1. The Morgan fingerprint density at radius 3 is 2.38 bits per heavy atom. The van der Waals surface area contributed by atoms with Crippen LogP contribution < -0.4 is 10.9 Å². The van der Waals surface area contributed by atoms with Gasteiger partial charge in [-0.2, -0.15) is 0 Å². The van der Waals surface area contributed by atoms with Crippen molar-refractivity contribution in [2.75, 3.05) is 21.2 Å². The molecule has 0 aliphatic heterocycles. The quantitative estimate of drug-likeness (QED) is 0.272. The number of hydrazine groups is 1. The van der Waals surface area contributed by atoms with Crippen LogP contribution in [0, 0.1) is 0 Å². The first kappa shape index (κ1) is 7.23. The SMILES string of the molecule is CN=C(NNC)OC. The molecule has 0 bridgehead atoms. The molecule has 0 aliphatic carbocycles. The topological polar surface area (TPSA) is 45.7 Å². The Kier molecular flexibility index (Phi) is 3.97. The summed E-state index contributed by atoms with van der Waals surface area (Å²) >= 11 is 0. The maximum Gasteiger partial charge on any atom is 0.298 e. The molecule has 0 unspecified atom stereocenters. The van der Waals surface area contributed by atoms with Crippen molar-refractivity contribution in [3.05, 3.63) is 0 Å². The summed E-state index contributed by atoms with van der Waals surface area (Å²) in [4.78, 5) is 3.72. The Labute approximate surface area is 48.9 Å². The minimum absolute atomic E-state index is 0.479. The molecule has 0 aromatic carbocycles. The van der Waals surface area contributed by atoms with Crippen molar-refractivity contribution in [1.29, 1.82) is 0 Å². The van der Waals surface area contributed by atoms with Gasteiger partial charge in [-0.15, -0.1) is 0 Å². The summed E-state index contributed by atoms with van der Waals surface area (Å²) in [7, 11) is 4.93. The van der Waals surface area contributed by atoms with Crippen LogP contribution >= 0.6 is 0 Å². The summed E-state index contributed by atoms with van der Waals surface area (Å²) in [6.07, 6.45) is 0. The van der Waals surface area contributed by atoms with Crippen LogP contribution in [0.25, 0.3) is 0 Å². The van der Waals surface area contributed by atoms with Gasteiger partial charge in [-0.1, -0.05) is 0 Å². The van der Waals surface area contributed by atoms with Gasteiger partial charge in [0.05, 0.1) is 7.11 Å². The molecule has 4 heteroatoms. The molecule has 4 nitrogen and oxygen atoms in total. The number of aliphatic imine (C=N–C) groups is 1. The fourth-order valence-corrected chi connectivity index (χ4v) is 0.305. The number of ether oxygens (including phenoxy) is 1. The summed E-state index contributed by atoms with van der Waals surface area (Å²) in [5, 5.41) is 0. The van der Waals surface area contributed by atoms with Crippen LogP contribution in [0.1, 0.15) is 0 Å². The molecule has 0 atom stereocenters. The Hall–Kier alpha value is -0.770. The van der Waals surface area contributed by atoms with Gasteiger partial charge < -0.3 is 4.74 Å². The molecule has 0 amide bonds. The van der Waals surface area contributed by atoms with Crippen molar-refractivity contribution < 1.29 is 4.74 Å². The lowest BCUT2D eigenvalue weighted by Crippen LogP contribution is -2.35. The second kappa shape index (κ2) is 4.39. The predicted molar refractivity (Wildman–Crippen MR) is 32.6 cm³/mol. The van der Waals surface area contributed by atoms with Crippen LogP contribution in [-0.2, 0) is 4.74 Å². The number of hydrogen-bond acceptors (Lipinski definition) is 3. The second-order valence-corrected chi connectivity index (χ2v) is 1.11. The molecule has 0 saturated carbocycles. The minimum Gasteiger partial charge on any atom is -0.468 e. The number of hydrogen-bond donors (Lipinski definition) is 2. The van der Waals surface area contributed by atoms with E-state index in [2.05, 4.69) is 15.8 Å². The van der Waals surface area contributed by atoms with Gasteiger partial charge in [-0.25, -0.2) is 10.4 Å². The molecule has 8 heavy (non-hydrogen) atoms. The fraction of sp³-hybridized carbons (Fsp3) is 0.750. The lowest BCUT2D eigenvalue weighted by molar-refractivity contribution is 0.372. The number of nitrogens with one attached hydrogen (secondary N) is 2. The smallest absolute Gasteiger partial charge is 0.298 e. The van der Waals surface area contributed by atoms with E-state index in [0.29, 0.717) is 6.02 Å². The van der Waals surface area contributed by atoms with E-state index in [1.165, 1.54) is 0 Å². The third-order valence-corrected chi connectivity index (χ3v) is 0.628. The summed E-state index contributed by atoms with van der Waals surface area (Å²) in [6, 6.07) is 0.479. The molecule has 0 rings (SSSR count). The van der Waals surface area contributed by atoms with Crippen molar-refractivity contribution in [1.82, 2.24) is 10.9 Å². The highest BCUT2D eigenvalue weighted by atomic mass is 16.5. The van der Waals surface area contributed by atoms with E-state index in [1.807, 2.05) is 0 Å². The first-order chi connectivity index (χ1) is 3.85. The van der Waals surface area contributed by atoms with Crippen LogP contribution in [-0.4, -0.2) is 27.2 Å².